The number of ketones is 1. The SMILES string of the molecule is CC(=O)OC(C(=O)c1ccc(Cl)cc1)c1ccccc1Cl. The first-order valence-corrected chi connectivity index (χ1v) is 6.96. The fourth-order valence-corrected chi connectivity index (χ4v) is 2.24. The molecule has 0 aliphatic rings. The molecule has 1 atom stereocenters. The molecule has 0 aromatic heterocycles. The molecule has 2 aromatic carbocycles. The van der Waals surface area contributed by atoms with E-state index >= 15 is 0 Å². The van der Waals surface area contributed by atoms with Gasteiger partial charge in [-0.3, -0.25) is 9.59 Å². The minimum Gasteiger partial charge on any atom is -0.449 e. The number of halogens is 2. The smallest absolute Gasteiger partial charge is 0.303 e. The first-order chi connectivity index (χ1) is 9.99. The highest BCUT2D eigenvalue weighted by Gasteiger charge is 2.26. The van der Waals surface area contributed by atoms with E-state index in [2.05, 4.69) is 0 Å². The van der Waals surface area contributed by atoms with Crippen molar-refractivity contribution in [1.82, 2.24) is 0 Å². The van der Waals surface area contributed by atoms with Crippen LogP contribution in [0.15, 0.2) is 48.5 Å². The number of benzene rings is 2. The van der Waals surface area contributed by atoms with Crippen LogP contribution in [0.5, 0.6) is 0 Å². The molecule has 0 aliphatic carbocycles. The van der Waals surface area contributed by atoms with E-state index in [1.165, 1.54) is 6.92 Å². The lowest BCUT2D eigenvalue weighted by atomic mass is 9.99. The van der Waals surface area contributed by atoms with Crippen LogP contribution in [0.3, 0.4) is 0 Å². The quantitative estimate of drug-likeness (QED) is 0.615. The minimum atomic E-state index is -1.07. The Balaban J connectivity index is 2.41. The van der Waals surface area contributed by atoms with Crippen LogP contribution in [0, 0.1) is 0 Å². The van der Waals surface area contributed by atoms with Gasteiger partial charge in [-0.15, -0.1) is 0 Å². The second-order valence-corrected chi connectivity index (χ2v) is 5.23. The molecule has 5 heteroatoms. The van der Waals surface area contributed by atoms with Crippen LogP contribution in [0.2, 0.25) is 10.0 Å². The fourth-order valence-electron chi connectivity index (χ4n) is 1.88. The highest BCUT2D eigenvalue weighted by atomic mass is 35.5. The van der Waals surface area contributed by atoms with E-state index in [1.807, 2.05) is 0 Å². The normalized spacial score (nSPS) is 11.8. The van der Waals surface area contributed by atoms with Crippen molar-refractivity contribution in [2.75, 3.05) is 0 Å². The lowest BCUT2D eigenvalue weighted by Crippen LogP contribution is -2.19. The van der Waals surface area contributed by atoms with Gasteiger partial charge in [0.05, 0.1) is 0 Å². The van der Waals surface area contributed by atoms with Crippen molar-refractivity contribution in [3.63, 3.8) is 0 Å². The van der Waals surface area contributed by atoms with Crippen molar-refractivity contribution >= 4 is 35.0 Å². The Labute approximate surface area is 132 Å². The topological polar surface area (TPSA) is 43.4 Å². The van der Waals surface area contributed by atoms with Gasteiger partial charge in [-0.25, -0.2) is 0 Å². The Bertz CT molecular complexity index is 665. The van der Waals surface area contributed by atoms with Crippen molar-refractivity contribution in [1.29, 1.82) is 0 Å². The number of carbonyl (C=O) groups excluding carboxylic acids is 2. The number of carbonyl (C=O) groups is 2. The van der Waals surface area contributed by atoms with Crippen LogP contribution in [0.4, 0.5) is 0 Å². The molecule has 108 valence electrons. The molecule has 0 saturated carbocycles. The molecule has 0 aliphatic heterocycles. The molecule has 2 aromatic rings. The van der Waals surface area contributed by atoms with Crippen LogP contribution in [-0.4, -0.2) is 11.8 Å². The Kier molecular flexibility index (Phi) is 4.99. The van der Waals surface area contributed by atoms with E-state index in [1.54, 1.807) is 48.5 Å². The molecule has 0 heterocycles. The van der Waals surface area contributed by atoms with E-state index < -0.39 is 12.1 Å². The highest BCUT2D eigenvalue weighted by molar-refractivity contribution is 6.32. The molecule has 21 heavy (non-hydrogen) atoms. The summed E-state index contributed by atoms with van der Waals surface area (Å²) >= 11 is 11.9. The van der Waals surface area contributed by atoms with Crippen molar-refractivity contribution in [2.45, 2.75) is 13.0 Å². The van der Waals surface area contributed by atoms with Crippen molar-refractivity contribution in [3.8, 4) is 0 Å². The largest absolute Gasteiger partial charge is 0.449 e. The molecule has 0 N–H and O–H groups in total. The summed E-state index contributed by atoms with van der Waals surface area (Å²) in [6, 6.07) is 13.1. The monoisotopic (exact) mass is 322 g/mol. The van der Waals surface area contributed by atoms with Gasteiger partial charge in [0.25, 0.3) is 0 Å². The standard InChI is InChI=1S/C16H12Cl2O3/c1-10(19)21-16(13-4-2-3-5-14(13)18)15(20)11-6-8-12(17)9-7-11/h2-9,16H,1H3. The summed E-state index contributed by atoms with van der Waals surface area (Å²) in [6.07, 6.45) is -1.07. The summed E-state index contributed by atoms with van der Waals surface area (Å²) in [4.78, 5) is 23.9. The van der Waals surface area contributed by atoms with Crippen molar-refractivity contribution < 1.29 is 14.3 Å². The van der Waals surface area contributed by atoms with Gasteiger partial charge in [0, 0.05) is 28.1 Å². The highest BCUT2D eigenvalue weighted by Crippen LogP contribution is 2.29. The molecule has 0 spiro atoms. The van der Waals surface area contributed by atoms with E-state index in [0.717, 1.165) is 0 Å². The predicted molar refractivity (Wildman–Crippen MR) is 81.7 cm³/mol. The number of rotatable bonds is 4. The zero-order chi connectivity index (χ0) is 15.4. The van der Waals surface area contributed by atoms with E-state index in [0.29, 0.717) is 21.2 Å². The number of hydrogen-bond donors (Lipinski definition) is 0. The van der Waals surface area contributed by atoms with Gasteiger partial charge in [-0.1, -0.05) is 41.4 Å². The maximum absolute atomic E-state index is 12.6. The summed E-state index contributed by atoms with van der Waals surface area (Å²) < 4.78 is 5.16. The molecule has 0 bridgehead atoms. The fraction of sp³-hybridized carbons (Fsp3) is 0.125. The molecular weight excluding hydrogens is 311 g/mol. The maximum Gasteiger partial charge on any atom is 0.303 e. The Morgan fingerprint density at radius 1 is 1.00 bits per heavy atom. The van der Waals surface area contributed by atoms with Gasteiger partial charge in [0.15, 0.2) is 6.10 Å². The van der Waals surface area contributed by atoms with Gasteiger partial charge < -0.3 is 4.74 Å². The average Bonchev–Trinajstić information content (AvgIpc) is 2.45. The Morgan fingerprint density at radius 3 is 2.19 bits per heavy atom. The zero-order valence-corrected chi connectivity index (χ0v) is 12.7. The number of esters is 1. The minimum absolute atomic E-state index is 0.352. The summed E-state index contributed by atoms with van der Waals surface area (Å²) in [6.45, 7) is 1.25. The first-order valence-electron chi connectivity index (χ1n) is 6.20. The summed E-state index contributed by atoms with van der Waals surface area (Å²) in [5.41, 5.74) is 0.847. The third-order valence-electron chi connectivity index (χ3n) is 2.84. The van der Waals surface area contributed by atoms with Crippen LogP contribution in [0.1, 0.15) is 28.9 Å². The molecule has 3 nitrogen and oxygen atoms in total. The van der Waals surface area contributed by atoms with Gasteiger partial charge >= 0.3 is 5.97 Å². The molecular formula is C16H12Cl2O3. The second kappa shape index (κ2) is 6.74. The van der Waals surface area contributed by atoms with Gasteiger partial charge in [-0.05, 0) is 30.3 Å². The Morgan fingerprint density at radius 2 is 1.62 bits per heavy atom. The van der Waals surface area contributed by atoms with E-state index in [9.17, 15) is 9.59 Å². The van der Waals surface area contributed by atoms with Crippen LogP contribution < -0.4 is 0 Å². The van der Waals surface area contributed by atoms with Crippen molar-refractivity contribution in [2.24, 2.45) is 0 Å². The van der Waals surface area contributed by atoms with Gasteiger partial charge in [0.2, 0.25) is 5.78 Å². The third-order valence-corrected chi connectivity index (χ3v) is 3.43. The van der Waals surface area contributed by atoms with Gasteiger partial charge in [0.1, 0.15) is 0 Å². The third kappa shape index (κ3) is 3.84. The number of hydrogen-bond acceptors (Lipinski definition) is 3. The number of Topliss-reactive ketones (excluding diaryl/α,β-unsaturated/α-hetero) is 1. The molecule has 1 unspecified atom stereocenters. The zero-order valence-electron chi connectivity index (χ0n) is 11.2. The summed E-state index contributed by atoms with van der Waals surface area (Å²) in [5.74, 6) is -0.905. The molecule has 0 radical (unpaired) electrons. The summed E-state index contributed by atoms with van der Waals surface area (Å²) in [5, 5.41) is 0.888. The second-order valence-electron chi connectivity index (χ2n) is 4.38. The number of ether oxygens (including phenoxy) is 1. The lowest BCUT2D eigenvalue weighted by molar-refractivity contribution is -0.144. The maximum atomic E-state index is 12.6. The van der Waals surface area contributed by atoms with E-state index in [4.69, 9.17) is 27.9 Å². The van der Waals surface area contributed by atoms with Crippen LogP contribution in [-0.2, 0) is 9.53 Å². The predicted octanol–water partition coefficient (Wildman–Crippen LogP) is 4.48. The van der Waals surface area contributed by atoms with Crippen LogP contribution in [0.25, 0.3) is 0 Å². The van der Waals surface area contributed by atoms with Gasteiger partial charge in [-0.2, -0.15) is 0 Å². The Hall–Kier alpha value is -1.84. The van der Waals surface area contributed by atoms with Crippen molar-refractivity contribution in [3.05, 3.63) is 69.7 Å². The van der Waals surface area contributed by atoms with Crippen LogP contribution >= 0.6 is 23.2 Å². The molecule has 0 amide bonds. The molecule has 0 fully saturated rings. The first kappa shape index (κ1) is 15.5. The lowest BCUT2D eigenvalue weighted by Gasteiger charge is -2.17. The van der Waals surface area contributed by atoms with E-state index in [-0.39, 0.29) is 5.78 Å². The molecule has 2 rings (SSSR count). The summed E-state index contributed by atoms with van der Waals surface area (Å²) in [7, 11) is 0. The average molecular weight is 323 g/mol. The molecule has 0 saturated heterocycles.